The Morgan fingerprint density at radius 2 is 0.522 bits per heavy atom. The van der Waals surface area contributed by atoms with Gasteiger partial charge in [0.2, 0.25) is 0 Å². The Morgan fingerprint density at radius 1 is 0.348 bits per heavy atom. The molecule has 23 heavy (non-hydrogen) atoms. The van der Waals surface area contributed by atoms with E-state index in [4.69, 9.17) is 0 Å². The van der Waals surface area contributed by atoms with E-state index in [2.05, 4.69) is 48.5 Å². The molecule has 0 aliphatic carbocycles. The Balaban J connectivity index is -0.000000268. The van der Waals surface area contributed by atoms with Crippen molar-refractivity contribution >= 4 is 10.8 Å². The molecule has 0 saturated carbocycles. The molecule has 128 valence electrons. The molecular formula is C23H36. The quantitative estimate of drug-likeness (QED) is 0.392. The number of benzene rings is 3. The minimum Gasteiger partial charge on any atom is -0.0776 e. The zero-order valence-corrected chi connectivity index (χ0v) is 15.1. The molecule has 0 aromatic heterocycles. The van der Waals surface area contributed by atoms with E-state index in [9.17, 15) is 0 Å². The smallest absolute Gasteiger partial charge is 0.0184 e. The van der Waals surface area contributed by atoms with Gasteiger partial charge in [0, 0.05) is 0 Å². The monoisotopic (exact) mass is 312 g/mol. The summed E-state index contributed by atoms with van der Waals surface area (Å²) in [6.45, 7) is 12.0. The van der Waals surface area contributed by atoms with Crippen LogP contribution in [0.25, 0.3) is 10.8 Å². The van der Waals surface area contributed by atoms with Gasteiger partial charge in [-0.15, -0.1) is 0 Å². The van der Waals surface area contributed by atoms with Crippen molar-refractivity contribution in [3.05, 3.63) is 84.9 Å². The highest BCUT2D eigenvalue weighted by Crippen LogP contribution is 2.11. The van der Waals surface area contributed by atoms with E-state index in [1.807, 2.05) is 77.9 Å². The summed E-state index contributed by atoms with van der Waals surface area (Å²) in [5, 5.41) is 2.62. The SMILES string of the molecule is C.CC.CC.CC.c1ccc2ccccc2c1.c1ccccc1. The van der Waals surface area contributed by atoms with Crippen LogP contribution < -0.4 is 0 Å². The van der Waals surface area contributed by atoms with E-state index in [0.29, 0.717) is 0 Å². The number of fused-ring (bicyclic) bond motifs is 1. The first-order valence-corrected chi connectivity index (χ1v) is 8.40. The van der Waals surface area contributed by atoms with E-state index in [0.717, 1.165) is 0 Å². The van der Waals surface area contributed by atoms with Crippen molar-refractivity contribution in [1.29, 1.82) is 0 Å². The lowest BCUT2D eigenvalue weighted by atomic mass is 10.1. The minimum absolute atomic E-state index is 0. The van der Waals surface area contributed by atoms with E-state index >= 15 is 0 Å². The Hall–Kier alpha value is -2.08. The topological polar surface area (TPSA) is 0 Å². The van der Waals surface area contributed by atoms with Crippen LogP contribution in [0, 0.1) is 0 Å². The highest BCUT2D eigenvalue weighted by atomic mass is 13.9. The van der Waals surface area contributed by atoms with Gasteiger partial charge in [0.05, 0.1) is 0 Å². The average molecular weight is 313 g/mol. The Bertz CT molecular complexity index is 434. The summed E-state index contributed by atoms with van der Waals surface area (Å²) in [6.07, 6.45) is 0. The maximum Gasteiger partial charge on any atom is -0.0184 e. The van der Waals surface area contributed by atoms with Crippen molar-refractivity contribution < 1.29 is 0 Å². The number of hydrogen-bond acceptors (Lipinski definition) is 0. The van der Waals surface area contributed by atoms with Gasteiger partial charge in [-0.25, -0.2) is 0 Å². The molecule has 0 nitrogen and oxygen atoms in total. The lowest BCUT2D eigenvalue weighted by Crippen LogP contribution is -1.67. The Labute approximate surface area is 145 Å². The molecule has 0 heterocycles. The average Bonchev–Trinajstić information content (AvgIpc) is 2.69. The van der Waals surface area contributed by atoms with Crippen LogP contribution >= 0.6 is 0 Å². The molecule has 0 amide bonds. The predicted octanol–water partition coefficient (Wildman–Crippen LogP) is 8.24. The molecule has 0 aliphatic heterocycles. The van der Waals surface area contributed by atoms with Crippen molar-refractivity contribution in [3.8, 4) is 0 Å². The van der Waals surface area contributed by atoms with Crippen LogP contribution in [0.1, 0.15) is 49.0 Å². The summed E-state index contributed by atoms with van der Waals surface area (Å²) < 4.78 is 0. The number of hydrogen-bond donors (Lipinski definition) is 0. The first-order valence-electron chi connectivity index (χ1n) is 8.40. The molecule has 0 heteroatoms. The fourth-order valence-electron chi connectivity index (χ4n) is 1.52. The molecular weight excluding hydrogens is 276 g/mol. The summed E-state index contributed by atoms with van der Waals surface area (Å²) in [7, 11) is 0. The van der Waals surface area contributed by atoms with Gasteiger partial charge in [0.15, 0.2) is 0 Å². The third-order valence-electron chi connectivity index (χ3n) is 2.33. The molecule has 0 unspecified atom stereocenters. The van der Waals surface area contributed by atoms with Crippen molar-refractivity contribution in [1.82, 2.24) is 0 Å². The second-order valence-corrected chi connectivity index (χ2v) is 3.50. The molecule has 0 saturated heterocycles. The van der Waals surface area contributed by atoms with Gasteiger partial charge in [-0.1, -0.05) is 134 Å². The number of rotatable bonds is 0. The van der Waals surface area contributed by atoms with Crippen LogP contribution in [0.4, 0.5) is 0 Å². The second kappa shape index (κ2) is 22.2. The molecule has 0 spiro atoms. The Kier molecular flexibility index (Phi) is 25.0. The van der Waals surface area contributed by atoms with Crippen molar-refractivity contribution in [2.24, 2.45) is 0 Å². The van der Waals surface area contributed by atoms with Crippen LogP contribution in [-0.2, 0) is 0 Å². The highest BCUT2D eigenvalue weighted by Gasteiger charge is 1.85. The lowest BCUT2D eigenvalue weighted by Gasteiger charge is -1.92. The van der Waals surface area contributed by atoms with Crippen molar-refractivity contribution in [2.75, 3.05) is 0 Å². The van der Waals surface area contributed by atoms with Crippen LogP contribution in [0.2, 0.25) is 0 Å². The third kappa shape index (κ3) is 13.3. The maximum absolute atomic E-state index is 2.12. The van der Waals surface area contributed by atoms with Gasteiger partial charge in [0.25, 0.3) is 0 Å². The van der Waals surface area contributed by atoms with E-state index in [-0.39, 0.29) is 7.43 Å². The minimum atomic E-state index is 0. The molecule has 3 rings (SSSR count). The summed E-state index contributed by atoms with van der Waals surface area (Å²) >= 11 is 0. The van der Waals surface area contributed by atoms with Gasteiger partial charge in [-0.05, 0) is 10.8 Å². The zero-order chi connectivity index (χ0) is 17.1. The molecule has 0 bridgehead atoms. The second-order valence-electron chi connectivity index (χ2n) is 3.50. The van der Waals surface area contributed by atoms with Gasteiger partial charge >= 0.3 is 0 Å². The first-order chi connectivity index (χ1) is 11.0. The van der Waals surface area contributed by atoms with Crippen LogP contribution in [-0.4, -0.2) is 0 Å². The standard InChI is InChI=1S/C10H8.C6H6.3C2H6.CH4/c1-2-6-10-8-4-3-7-9(10)5-1;1-2-4-6-5-3-1;3*1-2;/h1-8H;1-6H;3*1-2H3;1H4. The van der Waals surface area contributed by atoms with Crippen LogP contribution in [0.3, 0.4) is 0 Å². The van der Waals surface area contributed by atoms with Gasteiger partial charge in [0.1, 0.15) is 0 Å². The fraction of sp³-hybridized carbons (Fsp3) is 0.304. The van der Waals surface area contributed by atoms with E-state index in [1.54, 1.807) is 0 Å². The van der Waals surface area contributed by atoms with Crippen molar-refractivity contribution in [3.63, 3.8) is 0 Å². The molecule has 0 radical (unpaired) electrons. The first kappa shape index (κ1) is 25.9. The molecule has 0 atom stereocenters. The maximum atomic E-state index is 2.12. The van der Waals surface area contributed by atoms with Crippen LogP contribution in [0.5, 0.6) is 0 Å². The largest absolute Gasteiger partial charge is 0.0776 e. The highest BCUT2D eigenvalue weighted by molar-refractivity contribution is 5.81. The molecule has 3 aromatic rings. The zero-order valence-electron chi connectivity index (χ0n) is 15.1. The van der Waals surface area contributed by atoms with Crippen molar-refractivity contribution in [2.45, 2.75) is 49.0 Å². The van der Waals surface area contributed by atoms with Crippen LogP contribution in [0.15, 0.2) is 84.9 Å². The van der Waals surface area contributed by atoms with Gasteiger partial charge < -0.3 is 0 Å². The van der Waals surface area contributed by atoms with E-state index < -0.39 is 0 Å². The summed E-state index contributed by atoms with van der Waals surface area (Å²) in [5.74, 6) is 0. The van der Waals surface area contributed by atoms with Gasteiger partial charge in [-0.2, -0.15) is 0 Å². The van der Waals surface area contributed by atoms with E-state index in [1.165, 1.54) is 10.8 Å². The summed E-state index contributed by atoms with van der Waals surface area (Å²) in [6, 6.07) is 28.7. The lowest BCUT2D eigenvalue weighted by molar-refractivity contribution is 1.50. The van der Waals surface area contributed by atoms with Gasteiger partial charge in [-0.3, -0.25) is 0 Å². The molecule has 3 aromatic carbocycles. The molecule has 0 aliphatic rings. The molecule has 0 fully saturated rings. The predicted molar refractivity (Wildman–Crippen MR) is 111 cm³/mol. The normalized spacial score (nSPS) is 7.22. The summed E-state index contributed by atoms with van der Waals surface area (Å²) in [4.78, 5) is 0. The third-order valence-corrected chi connectivity index (χ3v) is 2.33. The summed E-state index contributed by atoms with van der Waals surface area (Å²) in [5.41, 5.74) is 0. The molecule has 0 N–H and O–H groups in total. The Morgan fingerprint density at radius 3 is 0.696 bits per heavy atom. The fourth-order valence-corrected chi connectivity index (χ4v) is 1.52.